The van der Waals surface area contributed by atoms with Gasteiger partial charge in [0.25, 0.3) is 0 Å². The number of rotatable bonds is 4. The minimum atomic E-state index is 0.858. The van der Waals surface area contributed by atoms with Crippen LogP contribution in [-0.2, 0) is 0 Å². The van der Waals surface area contributed by atoms with E-state index in [0.29, 0.717) is 0 Å². The molecule has 0 aromatic heterocycles. The normalized spacial score (nSPS) is 40.7. The van der Waals surface area contributed by atoms with E-state index in [9.17, 15) is 0 Å². The fourth-order valence-electron chi connectivity index (χ4n) is 4.72. The third kappa shape index (κ3) is 2.03. The van der Waals surface area contributed by atoms with Gasteiger partial charge in [-0.3, -0.25) is 0 Å². The van der Waals surface area contributed by atoms with Crippen LogP contribution >= 0.6 is 0 Å². The standard InChI is InChI=1S/C15H27N/c1-16-14(10-11-6-2-3-7-11)15-12-8-4-5-9-13(12)15/h11-16H,2-10H2,1H3. The van der Waals surface area contributed by atoms with Crippen molar-refractivity contribution in [2.45, 2.75) is 63.8 Å². The maximum atomic E-state index is 3.65. The number of nitrogens with one attached hydrogen (secondary N) is 1. The van der Waals surface area contributed by atoms with E-state index in [0.717, 1.165) is 29.7 Å². The van der Waals surface area contributed by atoms with E-state index >= 15 is 0 Å². The van der Waals surface area contributed by atoms with Crippen LogP contribution in [0.15, 0.2) is 0 Å². The summed E-state index contributed by atoms with van der Waals surface area (Å²) >= 11 is 0. The maximum absolute atomic E-state index is 3.65. The lowest BCUT2D eigenvalue weighted by Crippen LogP contribution is -2.30. The van der Waals surface area contributed by atoms with Gasteiger partial charge < -0.3 is 5.32 Å². The number of hydrogen-bond acceptors (Lipinski definition) is 1. The van der Waals surface area contributed by atoms with Gasteiger partial charge >= 0.3 is 0 Å². The second-order valence-corrected chi connectivity index (χ2v) is 6.47. The van der Waals surface area contributed by atoms with Crippen molar-refractivity contribution in [3.8, 4) is 0 Å². The molecule has 3 aliphatic rings. The van der Waals surface area contributed by atoms with Crippen molar-refractivity contribution in [2.24, 2.45) is 23.7 Å². The van der Waals surface area contributed by atoms with Crippen molar-refractivity contribution in [3.05, 3.63) is 0 Å². The van der Waals surface area contributed by atoms with Crippen molar-refractivity contribution in [3.63, 3.8) is 0 Å². The molecule has 16 heavy (non-hydrogen) atoms. The molecular weight excluding hydrogens is 194 g/mol. The van der Waals surface area contributed by atoms with Crippen molar-refractivity contribution >= 4 is 0 Å². The van der Waals surface area contributed by atoms with E-state index in [1.807, 2.05) is 0 Å². The molecular formula is C15H27N. The number of hydrogen-bond donors (Lipinski definition) is 1. The summed E-state index contributed by atoms with van der Waals surface area (Å²) in [5.41, 5.74) is 0. The lowest BCUT2D eigenvalue weighted by atomic mass is 9.94. The summed E-state index contributed by atoms with van der Waals surface area (Å²) in [7, 11) is 2.20. The van der Waals surface area contributed by atoms with Crippen LogP contribution in [-0.4, -0.2) is 13.1 Å². The van der Waals surface area contributed by atoms with Crippen LogP contribution in [0.3, 0.4) is 0 Å². The van der Waals surface area contributed by atoms with Crippen LogP contribution in [0.5, 0.6) is 0 Å². The molecule has 0 aromatic rings. The molecule has 0 amide bonds. The van der Waals surface area contributed by atoms with Gasteiger partial charge in [0.05, 0.1) is 0 Å². The molecule has 0 heterocycles. The van der Waals surface area contributed by atoms with Gasteiger partial charge in [-0.25, -0.2) is 0 Å². The Kier molecular flexibility index (Phi) is 3.24. The highest BCUT2D eigenvalue weighted by molar-refractivity contribution is 5.04. The fourth-order valence-corrected chi connectivity index (χ4v) is 4.72. The fraction of sp³-hybridized carbons (Fsp3) is 1.00. The van der Waals surface area contributed by atoms with Crippen molar-refractivity contribution in [1.82, 2.24) is 5.32 Å². The molecule has 0 spiro atoms. The summed E-state index contributed by atoms with van der Waals surface area (Å²) in [5.74, 6) is 4.36. The van der Waals surface area contributed by atoms with Gasteiger partial charge in [0, 0.05) is 6.04 Å². The van der Waals surface area contributed by atoms with E-state index < -0.39 is 0 Å². The molecule has 0 aromatic carbocycles. The van der Waals surface area contributed by atoms with Gasteiger partial charge in [-0.15, -0.1) is 0 Å². The van der Waals surface area contributed by atoms with E-state index in [1.54, 1.807) is 0 Å². The summed E-state index contributed by atoms with van der Waals surface area (Å²) in [6.45, 7) is 0. The summed E-state index contributed by atoms with van der Waals surface area (Å²) in [6.07, 6.45) is 13.6. The average molecular weight is 221 g/mol. The molecule has 92 valence electrons. The molecule has 3 saturated carbocycles. The Morgan fingerprint density at radius 3 is 2.06 bits per heavy atom. The van der Waals surface area contributed by atoms with Crippen molar-refractivity contribution in [2.75, 3.05) is 7.05 Å². The van der Waals surface area contributed by atoms with E-state index in [1.165, 1.54) is 57.8 Å². The molecule has 0 bridgehead atoms. The Hall–Kier alpha value is -0.0400. The van der Waals surface area contributed by atoms with Crippen LogP contribution in [0.25, 0.3) is 0 Å². The largest absolute Gasteiger partial charge is 0.317 e. The SMILES string of the molecule is CNC(CC1CCCC1)C1C2CCCCC21. The first kappa shape index (κ1) is 11.1. The Morgan fingerprint density at radius 1 is 0.938 bits per heavy atom. The average Bonchev–Trinajstić information content (AvgIpc) is 2.81. The predicted molar refractivity (Wildman–Crippen MR) is 68.4 cm³/mol. The first-order valence-corrected chi connectivity index (χ1v) is 7.57. The molecule has 1 heteroatoms. The minimum absolute atomic E-state index is 0.858. The predicted octanol–water partition coefficient (Wildman–Crippen LogP) is 3.59. The van der Waals surface area contributed by atoms with Crippen LogP contribution < -0.4 is 5.32 Å². The first-order chi connectivity index (χ1) is 7.90. The van der Waals surface area contributed by atoms with Crippen molar-refractivity contribution < 1.29 is 0 Å². The highest BCUT2D eigenvalue weighted by Crippen LogP contribution is 2.57. The van der Waals surface area contributed by atoms with Crippen LogP contribution in [0.2, 0.25) is 0 Å². The van der Waals surface area contributed by atoms with Crippen LogP contribution in [0.4, 0.5) is 0 Å². The van der Waals surface area contributed by atoms with E-state index in [2.05, 4.69) is 12.4 Å². The zero-order valence-electron chi connectivity index (χ0n) is 10.8. The monoisotopic (exact) mass is 221 g/mol. The minimum Gasteiger partial charge on any atom is -0.317 e. The highest BCUT2D eigenvalue weighted by Gasteiger charge is 2.53. The summed E-state index contributed by atoms with van der Waals surface area (Å²) < 4.78 is 0. The Bertz CT molecular complexity index is 220. The summed E-state index contributed by atoms with van der Waals surface area (Å²) in [5, 5.41) is 3.65. The van der Waals surface area contributed by atoms with Gasteiger partial charge in [0.2, 0.25) is 0 Å². The molecule has 3 unspecified atom stereocenters. The molecule has 0 radical (unpaired) electrons. The third-order valence-electron chi connectivity index (χ3n) is 5.62. The van der Waals surface area contributed by atoms with E-state index in [4.69, 9.17) is 0 Å². The maximum Gasteiger partial charge on any atom is 0.0100 e. The van der Waals surface area contributed by atoms with Gasteiger partial charge in [-0.1, -0.05) is 38.5 Å². The molecule has 0 saturated heterocycles. The second-order valence-electron chi connectivity index (χ2n) is 6.47. The lowest BCUT2D eigenvalue weighted by Gasteiger charge is -2.20. The number of fused-ring (bicyclic) bond motifs is 1. The van der Waals surface area contributed by atoms with Gasteiger partial charge in [0.15, 0.2) is 0 Å². The van der Waals surface area contributed by atoms with Crippen molar-refractivity contribution in [1.29, 1.82) is 0 Å². The summed E-state index contributed by atoms with van der Waals surface area (Å²) in [4.78, 5) is 0. The molecule has 3 rings (SSSR count). The molecule has 1 nitrogen and oxygen atoms in total. The molecule has 1 N–H and O–H groups in total. The lowest BCUT2D eigenvalue weighted by molar-refractivity contribution is 0.357. The molecule has 3 fully saturated rings. The quantitative estimate of drug-likeness (QED) is 0.765. The topological polar surface area (TPSA) is 12.0 Å². The van der Waals surface area contributed by atoms with Crippen LogP contribution in [0.1, 0.15) is 57.8 Å². The first-order valence-electron chi connectivity index (χ1n) is 7.57. The van der Waals surface area contributed by atoms with E-state index in [-0.39, 0.29) is 0 Å². The zero-order chi connectivity index (χ0) is 11.0. The van der Waals surface area contributed by atoms with Crippen LogP contribution in [0, 0.1) is 23.7 Å². The Morgan fingerprint density at radius 2 is 1.50 bits per heavy atom. The Balaban J connectivity index is 1.54. The molecule has 3 atom stereocenters. The summed E-state index contributed by atoms with van der Waals surface area (Å²) in [6, 6.07) is 0.858. The smallest absolute Gasteiger partial charge is 0.0100 e. The second kappa shape index (κ2) is 4.68. The molecule has 0 aliphatic heterocycles. The van der Waals surface area contributed by atoms with Gasteiger partial charge in [-0.05, 0) is 50.0 Å². The third-order valence-corrected chi connectivity index (χ3v) is 5.62. The Labute approximate surface area is 100 Å². The van der Waals surface area contributed by atoms with Gasteiger partial charge in [-0.2, -0.15) is 0 Å². The van der Waals surface area contributed by atoms with Gasteiger partial charge in [0.1, 0.15) is 0 Å². The highest BCUT2D eigenvalue weighted by atomic mass is 14.9. The molecule has 3 aliphatic carbocycles. The zero-order valence-corrected chi connectivity index (χ0v) is 10.8.